The fraction of sp³-hybridized carbons (Fsp3) is 0.429. The van der Waals surface area contributed by atoms with Gasteiger partial charge in [-0.1, -0.05) is 18.2 Å². The van der Waals surface area contributed by atoms with Gasteiger partial charge in [0, 0.05) is 5.56 Å². The highest BCUT2D eigenvalue weighted by molar-refractivity contribution is 5.80. The van der Waals surface area contributed by atoms with Gasteiger partial charge in [0.1, 0.15) is 0 Å². The van der Waals surface area contributed by atoms with Crippen LogP contribution < -0.4 is 0 Å². The van der Waals surface area contributed by atoms with Crippen molar-refractivity contribution in [3.05, 3.63) is 34.9 Å². The maximum Gasteiger partial charge on any atom is 0.335 e. The van der Waals surface area contributed by atoms with Crippen molar-refractivity contribution in [1.82, 2.24) is 0 Å². The number of aliphatic imine (C=N–C) groups is 1. The normalized spacial score (nSPS) is 21.7. The summed E-state index contributed by atoms with van der Waals surface area (Å²) < 4.78 is 10.5. The van der Waals surface area contributed by atoms with Crippen LogP contribution in [0.5, 0.6) is 0 Å². The Hall–Kier alpha value is -1.84. The van der Waals surface area contributed by atoms with Gasteiger partial charge >= 0.3 is 5.97 Å². The van der Waals surface area contributed by atoms with E-state index >= 15 is 0 Å². The Labute approximate surface area is 107 Å². The Morgan fingerprint density at radius 1 is 1.39 bits per heavy atom. The van der Waals surface area contributed by atoms with Crippen molar-refractivity contribution >= 4 is 12.4 Å². The van der Waals surface area contributed by atoms with E-state index in [0.29, 0.717) is 6.61 Å². The molecule has 0 saturated heterocycles. The van der Waals surface area contributed by atoms with Crippen LogP contribution in [0.3, 0.4) is 0 Å². The number of hydrogen-bond donors (Lipinski definition) is 0. The molecule has 0 saturated carbocycles. The molecule has 1 aliphatic rings. The molecule has 0 aliphatic carbocycles. The first-order valence-corrected chi connectivity index (χ1v) is 6.05. The highest BCUT2D eigenvalue weighted by Crippen LogP contribution is 2.32. The van der Waals surface area contributed by atoms with E-state index in [9.17, 15) is 4.79 Å². The zero-order chi connectivity index (χ0) is 13.1. The van der Waals surface area contributed by atoms with Crippen LogP contribution in [0.4, 0.5) is 0 Å². The van der Waals surface area contributed by atoms with E-state index in [1.165, 1.54) is 6.40 Å². The summed E-state index contributed by atoms with van der Waals surface area (Å²) in [5.74, 6) is -0.334. The van der Waals surface area contributed by atoms with Gasteiger partial charge in [0.05, 0.1) is 6.61 Å². The molecule has 2 atom stereocenters. The van der Waals surface area contributed by atoms with Gasteiger partial charge in [-0.05, 0) is 31.9 Å². The average molecular weight is 247 g/mol. The lowest BCUT2D eigenvalue weighted by Gasteiger charge is -2.20. The lowest BCUT2D eigenvalue weighted by Crippen LogP contribution is -2.27. The molecule has 1 aromatic carbocycles. The number of ether oxygens (including phenoxy) is 2. The first-order valence-electron chi connectivity index (χ1n) is 6.05. The summed E-state index contributed by atoms with van der Waals surface area (Å²) in [5.41, 5.74) is 3.22. The second-order valence-electron chi connectivity index (χ2n) is 4.31. The first-order chi connectivity index (χ1) is 8.65. The number of carbonyl (C=O) groups excluding carboxylic acids is 1. The Balaban J connectivity index is 2.30. The van der Waals surface area contributed by atoms with Crippen LogP contribution in [0, 0.1) is 13.8 Å². The lowest BCUT2D eigenvalue weighted by atomic mass is 9.94. The number of benzene rings is 1. The van der Waals surface area contributed by atoms with Crippen LogP contribution >= 0.6 is 0 Å². The quantitative estimate of drug-likeness (QED) is 0.770. The number of aryl methyl sites for hydroxylation is 2. The van der Waals surface area contributed by atoms with Crippen LogP contribution in [0.15, 0.2) is 23.2 Å². The minimum Gasteiger partial charge on any atom is -0.473 e. The smallest absolute Gasteiger partial charge is 0.335 e. The Morgan fingerprint density at radius 2 is 2.06 bits per heavy atom. The summed E-state index contributed by atoms with van der Waals surface area (Å²) >= 11 is 0. The van der Waals surface area contributed by atoms with Crippen molar-refractivity contribution in [3.8, 4) is 0 Å². The zero-order valence-electron chi connectivity index (χ0n) is 10.8. The van der Waals surface area contributed by atoms with Crippen LogP contribution in [0.2, 0.25) is 0 Å². The molecule has 0 aromatic heterocycles. The van der Waals surface area contributed by atoms with E-state index in [1.54, 1.807) is 6.92 Å². The molecule has 0 radical (unpaired) electrons. The zero-order valence-corrected chi connectivity index (χ0v) is 10.8. The maximum atomic E-state index is 11.8. The number of nitrogens with zero attached hydrogens (tertiary/aromatic N) is 1. The standard InChI is InChI=1S/C14H17NO3/c1-4-17-14(16)12-13(18-8-15-12)11-9(2)6-5-7-10(11)3/h5-8,12-13H,4H2,1-3H3. The summed E-state index contributed by atoms with van der Waals surface area (Å²) in [6.07, 6.45) is 0.975. The van der Waals surface area contributed by atoms with Crippen LogP contribution in [0.1, 0.15) is 29.7 Å². The molecule has 1 aliphatic heterocycles. The Bertz CT molecular complexity index is 462. The van der Waals surface area contributed by atoms with E-state index in [-0.39, 0.29) is 12.1 Å². The maximum absolute atomic E-state index is 11.8. The van der Waals surface area contributed by atoms with Gasteiger partial charge in [-0.3, -0.25) is 0 Å². The van der Waals surface area contributed by atoms with Gasteiger partial charge in [-0.25, -0.2) is 9.79 Å². The van der Waals surface area contributed by atoms with E-state index in [2.05, 4.69) is 4.99 Å². The molecule has 4 heteroatoms. The molecule has 2 rings (SSSR count). The molecule has 0 N–H and O–H groups in total. The molecule has 1 heterocycles. The lowest BCUT2D eigenvalue weighted by molar-refractivity contribution is -0.146. The van der Waals surface area contributed by atoms with Gasteiger partial charge in [-0.2, -0.15) is 0 Å². The molecule has 0 bridgehead atoms. The summed E-state index contributed by atoms with van der Waals surface area (Å²) in [6.45, 7) is 6.15. The van der Waals surface area contributed by atoms with E-state index in [0.717, 1.165) is 16.7 Å². The molecule has 0 fully saturated rings. The number of esters is 1. The van der Waals surface area contributed by atoms with Gasteiger partial charge in [0.2, 0.25) is 0 Å². The second kappa shape index (κ2) is 5.21. The number of hydrogen-bond acceptors (Lipinski definition) is 4. The molecular weight excluding hydrogens is 230 g/mol. The molecule has 0 spiro atoms. The molecule has 96 valence electrons. The highest BCUT2D eigenvalue weighted by Gasteiger charge is 2.36. The van der Waals surface area contributed by atoms with Gasteiger partial charge in [-0.15, -0.1) is 0 Å². The van der Waals surface area contributed by atoms with Crippen molar-refractivity contribution in [2.75, 3.05) is 6.61 Å². The topological polar surface area (TPSA) is 47.9 Å². The van der Waals surface area contributed by atoms with Crippen molar-refractivity contribution < 1.29 is 14.3 Å². The molecule has 4 nitrogen and oxygen atoms in total. The SMILES string of the molecule is CCOC(=O)C1N=COC1c1c(C)cccc1C. The highest BCUT2D eigenvalue weighted by atomic mass is 16.5. The van der Waals surface area contributed by atoms with Crippen molar-refractivity contribution in [2.45, 2.75) is 32.9 Å². The predicted octanol–water partition coefficient (Wildman–Crippen LogP) is 2.33. The Morgan fingerprint density at radius 3 is 2.67 bits per heavy atom. The number of rotatable bonds is 3. The summed E-state index contributed by atoms with van der Waals surface area (Å²) in [4.78, 5) is 15.9. The van der Waals surface area contributed by atoms with Crippen molar-refractivity contribution in [2.24, 2.45) is 4.99 Å². The molecule has 2 unspecified atom stereocenters. The fourth-order valence-corrected chi connectivity index (χ4v) is 2.23. The van der Waals surface area contributed by atoms with Crippen LogP contribution in [-0.4, -0.2) is 25.0 Å². The van der Waals surface area contributed by atoms with Gasteiger partial charge in [0.15, 0.2) is 18.5 Å². The molecule has 0 amide bonds. The average Bonchev–Trinajstić information content (AvgIpc) is 2.78. The third kappa shape index (κ3) is 2.23. The van der Waals surface area contributed by atoms with E-state index in [4.69, 9.17) is 9.47 Å². The van der Waals surface area contributed by atoms with Crippen LogP contribution in [-0.2, 0) is 14.3 Å². The first kappa shape index (κ1) is 12.6. The molecule has 18 heavy (non-hydrogen) atoms. The van der Waals surface area contributed by atoms with Gasteiger partial charge < -0.3 is 9.47 Å². The fourth-order valence-electron chi connectivity index (χ4n) is 2.23. The molecular formula is C14H17NO3. The number of carbonyl (C=O) groups is 1. The Kier molecular flexibility index (Phi) is 3.65. The van der Waals surface area contributed by atoms with Crippen molar-refractivity contribution in [1.29, 1.82) is 0 Å². The van der Waals surface area contributed by atoms with Crippen molar-refractivity contribution in [3.63, 3.8) is 0 Å². The van der Waals surface area contributed by atoms with Crippen LogP contribution in [0.25, 0.3) is 0 Å². The minimum atomic E-state index is -0.593. The summed E-state index contributed by atoms with van der Waals surface area (Å²) in [5, 5.41) is 0. The predicted molar refractivity (Wildman–Crippen MR) is 68.7 cm³/mol. The summed E-state index contributed by atoms with van der Waals surface area (Å²) in [7, 11) is 0. The second-order valence-corrected chi connectivity index (χ2v) is 4.31. The van der Waals surface area contributed by atoms with E-state index < -0.39 is 6.04 Å². The third-order valence-electron chi connectivity index (χ3n) is 3.07. The summed E-state index contributed by atoms with van der Waals surface area (Å²) in [6, 6.07) is 5.41. The van der Waals surface area contributed by atoms with Gasteiger partial charge in [0.25, 0.3) is 0 Å². The monoisotopic (exact) mass is 247 g/mol. The minimum absolute atomic E-state index is 0.334. The molecule has 1 aromatic rings. The van der Waals surface area contributed by atoms with E-state index in [1.807, 2.05) is 32.0 Å². The largest absolute Gasteiger partial charge is 0.473 e. The third-order valence-corrected chi connectivity index (χ3v) is 3.07.